The van der Waals surface area contributed by atoms with E-state index in [0.717, 1.165) is 51.9 Å². The summed E-state index contributed by atoms with van der Waals surface area (Å²) in [6.45, 7) is 11.8. The van der Waals surface area contributed by atoms with Crippen molar-refractivity contribution < 1.29 is 9.53 Å². The smallest absolute Gasteiger partial charge is 0.410 e. The summed E-state index contributed by atoms with van der Waals surface area (Å²) in [4.78, 5) is 16.5. The van der Waals surface area contributed by atoms with Gasteiger partial charge in [0.15, 0.2) is 0 Å². The Bertz CT molecular complexity index is 362. The minimum atomic E-state index is -0.416. The summed E-state index contributed by atoms with van der Waals surface area (Å²) < 4.78 is 5.46. The number of nitrogens with two attached hydrogens (primary N) is 1. The number of carbonyl (C=O) groups excluding carboxylic acids is 1. The number of hydrogen-bond acceptors (Lipinski definition) is 4. The number of ether oxygens (including phenoxy) is 1. The van der Waals surface area contributed by atoms with Gasteiger partial charge in [-0.2, -0.15) is 0 Å². The van der Waals surface area contributed by atoms with Crippen LogP contribution in [0.2, 0.25) is 0 Å². The van der Waals surface area contributed by atoms with Gasteiger partial charge in [0.1, 0.15) is 5.60 Å². The summed E-state index contributed by atoms with van der Waals surface area (Å²) in [5.74, 6) is 0. The molecular weight excluding hydrogens is 266 g/mol. The number of piperidine rings is 2. The summed E-state index contributed by atoms with van der Waals surface area (Å²) >= 11 is 0. The van der Waals surface area contributed by atoms with Crippen LogP contribution in [0.1, 0.15) is 53.4 Å². The van der Waals surface area contributed by atoms with Crippen molar-refractivity contribution in [3.05, 3.63) is 0 Å². The van der Waals surface area contributed by atoms with Gasteiger partial charge in [0.2, 0.25) is 0 Å². The minimum Gasteiger partial charge on any atom is -0.444 e. The van der Waals surface area contributed by atoms with E-state index in [1.165, 1.54) is 0 Å². The molecule has 0 aliphatic carbocycles. The van der Waals surface area contributed by atoms with Crippen LogP contribution in [0.4, 0.5) is 4.79 Å². The number of likely N-dealkylation sites (tertiary alicyclic amines) is 2. The van der Waals surface area contributed by atoms with Crippen molar-refractivity contribution in [1.29, 1.82) is 0 Å². The zero-order valence-corrected chi connectivity index (χ0v) is 14.0. The Morgan fingerprint density at radius 2 is 1.67 bits per heavy atom. The highest BCUT2D eigenvalue weighted by Crippen LogP contribution is 2.31. The summed E-state index contributed by atoms with van der Waals surface area (Å²) in [5.41, 5.74) is 5.79. The van der Waals surface area contributed by atoms with Crippen molar-refractivity contribution in [2.45, 2.75) is 70.6 Å². The summed E-state index contributed by atoms with van der Waals surface area (Å²) in [5, 5.41) is 0. The first-order valence-electron chi connectivity index (χ1n) is 8.18. The molecule has 0 aromatic rings. The number of amides is 1. The van der Waals surface area contributed by atoms with Crippen LogP contribution in [0.3, 0.4) is 0 Å². The molecule has 2 heterocycles. The fourth-order valence-corrected chi connectivity index (χ4v) is 3.25. The molecule has 2 saturated heterocycles. The molecule has 2 rings (SSSR count). The van der Waals surface area contributed by atoms with E-state index in [1.807, 2.05) is 25.7 Å². The predicted molar refractivity (Wildman–Crippen MR) is 84.2 cm³/mol. The van der Waals surface area contributed by atoms with E-state index in [9.17, 15) is 4.79 Å². The number of carbonyl (C=O) groups is 1. The van der Waals surface area contributed by atoms with Crippen LogP contribution in [0.25, 0.3) is 0 Å². The molecule has 0 unspecified atom stereocenters. The Morgan fingerprint density at radius 1 is 1.14 bits per heavy atom. The molecule has 2 fully saturated rings. The molecule has 0 saturated carbocycles. The van der Waals surface area contributed by atoms with Gasteiger partial charge in [-0.05, 0) is 53.4 Å². The fraction of sp³-hybridized carbons (Fsp3) is 0.938. The first kappa shape index (κ1) is 16.6. The Hall–Kier alpha value is -0.810. The third kappa shape index (κ3) is 4.33. The van der Waals surface area contributed by atoms with Gasteiger partial charge in [-0.3, -0.25) is 4.90 Å². The van der Waals surface area contributed by atoms with Gasteiger partial charge in [-0.1, -0.05) is 0 Å². The maximum Gasteiger partial charge on any atom is 0.410 e. The first-order chi connectivity index (χ1) is 9.70. The lowest BCUT2D eigenvalue weighted by molar-refractivity contribution is -0.00750. The van der Waals surface area contributed by atoms with Crippen molar-refractivity contribution in [3.63, 3.8) is 0 Å². The minimum absolute atomic E-state index is 0.176. The third-order valence-corrected chi connectivity index (χ3v) is 4.80. The van der Waals surface area contributed by atoms with E-state index in [1.54, 1.807) is 0 Å². The van der Waals surface area contributed by atoms with Crippen molar-refractivity contribution in [3.8, 4) is 0 Å². The van der Waals surface area contributed by atoms with Crippen LogP contribution in [-0.2, 0) is 4.74 Å². The lowest BCUT2D eigenvalue weighted by Crippen LogP contribution is -2.57. The van der Waals surface area contributed by atoms with Gasteiger partial charge in [0, 0.05) is 37.8 Å². The maximum atomic E-state index is 12.1. The maximum absolute atomic E-state index is 12.1. The van der Waals surface area contributed by atoms with Crippen LogP contribution in [0.15, 0.2) is 0 Å². The molecular formula is C16H31N3O2. The van der Waals surface area contributed by atoms with Gasteiger partial charge in [-0.25, -0.2) is 4.79 Å². The Labute approximate surface area is 128 Å². The molecule has 2 N–H and O–H groups in total. The normalized spacial score (nSPS) is 24.9. The summed E-state index contributed by atoms with van der Waals surface area (Å²) in [7, 11) is 0. The average molecular weight is 297 g/mol. The average Bonchev–Trinajstić information content (AvgIpc) is 2.38. The molecule has 122 valence electrons. The molecule has 21 heavy (non-hydrogen) atoms. The summed E-state index contributed by atoms with van der Waals surface area (Å²) in [6.07, 6.45) is 4.03. The van der Waals surface area contributed by atoms with E-state index in [-0.39, 0.29) is 11.6 Å². The molecule has 0 atom stereocenters. The van der Waals surface area contributed by atoms with Gasteiger partial charge >= 0.3 is 6.09 Å². The van der Waals surface area contributed by atoms with E-state index >= 15 is 0 Å². The van der Waals surface area contributed by atoms with E-state index in [0.29, 0.717) is 6.04 Å². The number of hydrogen-bond donors (Lipinski definition) is 1. The molecule has 1 amide bonds. The van der Waals surface area contributed by atoms with E-state index in [2.05, 4.69) is 11.8 Å². The lowest BCUT2D eigenvalue weighted by Gasteiger charge is -2.48. The molecule has 2 aliphatic rings. The SMILES string of the molecule is CC(C)(C)OC(=O)N1CCC(C)(N2CCC(N)CC2)CC1. The zero-order valence-electron chi connectivity index (χ0n) is 14.0. The van der Waals surface area contributed by atoms with Crippen LogP contribution < -0.4 is 5.73 Å². The zero-order chi connectivity index (χ0) is 15.7. The highest BCUT2D eigenvalue weighted by atomic mass is 16.6. The monoisotopic (exact) mass is 297 g/mol. The largest absolute Gasteiger partial charge is 0.444 e. The van der Waals surface area contributed by atoms with E-state index < -0.39 is 5.60 Å². The van der Waals surface area contributed by atoms with Gasteiger partial charge in [0.05, 0.1) is 0 Å². The summed E-state index contributed by atoms with van der Waals surface area (Å²) in [6, 6.07) is 0.367. The lowest BCUT2D eigenvalue weighted by atomic mass is 9.86. The van der Waals surface area contributed by atoms with E-state index in [4.69, 9.17) is 10.5 Å². The predicted octanol–water partition coefficient (Wildman–Crippen LogP) is 2.20. The third-order valence-electron chi connectivity index (χ3n) is 4.80. The fourth-order valence-electron chi connectivity index (χ4n) is 3.25. The Kier molecular flexibility index (Phi) is 4.83. The molecule has 0 bridgehead atoms. The van der Waals surface area contributed by atoms with Crippen molar-refractivity contribution in [1.82, 2.24) is 9.80 Å². The van der Waals surface area contributed by atoms with Crippen molar-refractivity contribution >= 4 is 6.09 Å². The number of rotatable bonds is 1. The second-order valence-electron chi connectivity index (χ2n) is 7.79. The number of nitrogens with zero attached hydrogens (tertiary/aromatic N) is 2. The van der Waals surface area contributed by atoms with Crippen LogP contribution >= 0.6 is 0 Å². The first-order valence-corrected chi connectivity index (χ1v) is 8.18. The van der Waals surface area contributed by atoms with Crippen LogP contribution in [-0.4, -0.2) is 59.3 Å². The highest BCUT2D eigenvalue weighted by molar-refractivity contribution is 5.68. The van der Waals surface area contributed by atoms with Crippen molar-refractivity contribution in [2.75, 3.05) is 26.2 Å². The van der Waals surface area contributed by atoms with Crippen molar-refractivity contribution in [2.24, 2.45) is 5.73 Å². The molecule has 5 heteroatoms. The second kappa shape index (κ2) is 6.13. The van der Waals surface area contributed by atoms with Crippen LogP contribution in [0, 0.1) is 0 Å². The Balaban J connectivity index is 1.86. The Morgan fingerprint density at radius 3 is 2.14 bits per heavy atom. The van der Waals surface area contributed by atoms with Crippen LogP contribution in [0.5, 0.6) is 0 Å². The van der Waals surface area contributed by atoms with Gasteiger partial charge in [0.25, 0.3) is 0 Å². The van der Waals surface area contributed by atoms with Gasteiger partial charge < -0.3 is 15.4 Å². The highest BCUT2D eigenvalue weighted by Gasteiger charge is 2.38. The molecule has 2 aliphatic heterocycles. The molecule has 0 spiro atoms. The second-order valence-corrected chi connectivity index (χ2v) is 7.79. The van der Waals surface area contributed by atoms with Gasteiger partial charge in [-0.15, -0.1) is 0 Å². The molecule has 0 aromatic carbocycles. The topological polar surface area (TPSA) is 58.8 Å². The molecule has 0 aromatic heterocycles. The standard InChI is InChI=1S/C16H31N3O2/c1-15(2,3)21-14(20)18-11-7-16(4,8-12-18)19-9-5-13(17)6-10-19/h13H,5-12,17H2,1-4H3. The quantitative estimate of drug-likeness (QED) is 0.806. The molecule has 0 radical (unpaired) electrons. The molecule has 5 nitrogen and oxygen atoms in total.